The minimum Gasteiger partial charge on any atom is -0.456 e. The molecular formula is C20H19ClN6OS. The van der Waals surface area contributed by atoms with Crippen LogP contribution < -0.4 is 0 Å². The van der Waals surface area contributed by atoms with Crippen LogP contribution in [0.5, 0.6) is 0 Å². The van der Waals surface area contributed by atoms with E-state index < -0.39 is 0 Å². The molecule has 0 aromatic carbocycles. The highest BCUT2D eigenvalue weighted by atomic mass is 35.5. The first-order chi connectivity index (χ1) is 14.0. The molecule has 0 aliphatic heterocycles. The van der Waals surface area contributed by atoms with E-state index in [4.69, 9.17) is 21.0 Å². The van der Waals surface area contributed by atoms with Gasteiger partial charge in [0.1, 0.15) is 16.9 Å². The molecule has 5 aromatic heterocycles. The van der Waals surface area contributed by atoms with Gasteiger partial charge in [0.05, 0.1) is 28.3 Å². The number of nitrogens with zero attached hydrogens (tertiary/aromatic N) is 6. The lowest BCUT2D eigenvalue weighted by Gasteiger charge is -2.01. The zero-order valence-electron chi connectivity index (χ0n) is 16.5. The molecule has 0 N–H and O–H groups in total. The first kappa shape index (κ1) is 18.3. The van der Waals surface area contributed by atoms with Crippen LogP contribution in [-0.2, 0) is 13.0 Å². The Bertz CT molecular complexity index is 1380. The lowest BCUT2D eigenvalue weighted by Crippen LogP contribution is -2.02. The van der Waals surface area contributed by atoms with Crippen molar-refractivity contribution in [1.82, 2.24) is 29.4 Å². The van der Waals surface area contributed by atoms with Gasteiger partial charge in [0, 0.05) is 4.88 Å². The van der Waals surface area contributed by atoms with Gasteiger partial charge in [0.2, 0.25) is 5.82 Å². The van der Waals surface area contributed by atoms with Crippen LogP contribution in [0.1, 0.15) is 34.5 Å². The maximum Gasteiger partial charge on any atom is 0.217 e. The van der Waals surface area contributed by atoms with E-state index in [0.29, 0.717) is 23.2 Å². The van der Waals surface area contributed by atoms with Crippen LogP contribution in [0.3, 0.4) is 0 Å². The van der Waals surface area contributed by atoms with Crippen LogP contribution in [0.2, 0.25) is 5.02 Å². The minimum atomic E-state index is 0.502. The van der Waals surface area contributed by atoms with Gasteiger partial charge in [-0.15, -0.1) is 16.4 Å². The van der Waals surface area contributed by atoms with E-state index in [9.17, 15) is 0 Å². The summed E-state index contributed by atoms with van der Waals surface area (Å²) in [5, 5.41) is 10.8. The molecule has 5 heterocycles. The van der Waals surface area contributed by atoms with Crippen molar-refractivity contribution < 1.29 is 4.42 Å². The topological polar surface area (TPSA) is 74.0 Å². The van der Waals surface area contributed by atoms with Gasteiger partial charge in [-0.1, -0.05) is 18.5 Å². The molecule has 148 valence electrons. The Kier molecular flexibility index (Phi) is 4.22. The first-order valence-electron chi connectivity index (χ1n) is 9.38. The van der Waals surface area contributed by atoms with Gasteiger partial charge in [-0.3, -0.25) is 4.68 Å². The number of thiophene rings is 1. The Hall–Kier alpha value is -2.71. The summed E-state index contributed by atoms with van der Waals surface area (Å²) in [7, 11) is 0. The predicted molar refractivity (Wildman–Crippen MR) is 114 cm³/mol. The first-order valence-corrected chi connectivity index (χ1v) is 10.6. The number of hydrogen-bond donors (Lipinski definition) is 0. The molecule has 0 spiro atoms. The molecule has 0 amide bonds. The Morgan fingerprint density at radius 2 is 2.00 bits per heavy atom. The maximum absolute atomic E-state index is 6.24. The number of aromatic nitrogens is 6. The van der Waals surface area contributed by atoms with E-state index in [1.54, 1.807) is 22.2 Å². The monoisotopic (exact) mass is 426 g/mol. The summed E-state index contributed by atoms with van der Waals surface area (Å²) >= 11 is 7.94. The summed E-state index contributed by atoms with van der Waals surface area (Å²) in [6, 6.07) is 3.81. The van der Waals surface area contributed by atoms with Gasteiger partial charge in [0.25, 0.3) is 0 Å². The van der Waals surface area contributed by atoms with E-state index in [0.717, 1.165) is 39.4 Å². The smallest absolute Gasteiger partial charge is 0.217 e. The summed E-state index contributed by atoms with van der Waals surface area (Å²) in [4.78, 5) is 11.6. The largest absolute Gasteiger partial charge is 0.456 e. The quantitative estimate of drug-likeness (QED) is 0.405. The number of rotatable bonds is 4. The van der Waals surface area contributed by atoms with Crippen LogP contribution in [0.25, 0.3) is 27.4 Å². The fourth-order valence-corrected chi connectivity index (χ4v) is 4.87. The average molecular weight is 427 g/mol. The molecular weight excluding hydrogens is 408 g/mol. The minimum absolute atomic E-state index is 0.502. The molecule has 0 fully saturated rings. The van der Waals surface area contributed by atoms with Gasteiger partial charge in [0.15, 0.2) is 11.4 Å². The normalized spacial score (nSPS) is 11.9. The molecule has 0 saturated heterocycles. The molecule has 5 aromatic rings. The van der Waals surface area contributed by atoms with Gasteiger partial charge >= 0.3 is 0 Å². The van der Waals surface area contributed by atoms with Gasteiger partial charge < -0.3 is 4.42 Å². The van der Waals surface area contributed by atoms with Gasteiger partial charge in [-0.2, -0.15) is 5.10 Å². The standard InChI is InChI=1S/C20H19ClN6OS/c1-5-14-12(4)29-20-16(14)19-23-18(25-27(19)9-22-20)15-7-6-13(28-15)8-26-11(3)17(21)10(2)24-26/h6-7,9H,5,8H2,1-4H3. The molecule has 0 radical (unpaired) electrons. The lowest BCUT2D eigenvalue weighted by atomic mass is 10.1. The van der Waals surface area contributed by atoms with Crippen LogP contribution in [-0.4, -0.2) is 29.4 Å². The van der Waals surface area contributed by atoms with E-state index in [-0.39, 0.29) is 0 Å². The molecule has 9 heteroatoms. The number of halogens is 1. The van der Waals surface area contributed by atoms with E-state index >= 15 is 0 Å². The van der Waals surface area contributed by atoms with E-state index in [1.165, 1.54) is 10.4 Å². The highest BCUT2D eigenvalue weighted by Gasteiger charge is 2.18. The van der Waals surface area contributed by atoms with E-state index in [2.05, 4.69) is 29.0 Å². The Morgan fingerprint density at radius 3 is 2.72 bits per heavy atom. The van der Waals surface area contributed by atoms with Crippen LogP contribution in [0.4, 0.5) is 0 Å². The zero-order chi connectivity index (χ0) is 20.3. The molecule has 0 aliphatic carbocycles. The Balaban J connectivity index is 1.54. The number of aryl methyl sites for hydroxylation is 3. The zero-order valence-corrected chi connectivity index (χ0v) is 18.1. The molecule has 0 saturated carbocycles. The van der Waals surface area contributed by atoms with Gasteiger partial charge in [-0.05, 0) is 44.9 Å². The molecule has 7 nitrogen and oxygen atoms in total. The second-order valence-electron chi connectivity index (χ2n) is 7.03. The van der Waals surface area contributed by atoms with Crippen molar-refractivity contribution in [2.75, 3.05) is 0 Å². The lowest BCUT2D eigenvalue weighted by molar-refractivity contribution is 0.483. The molecule has 0 aliphatic rings. The molecule has 0 bridgehead atoms. The van der Waals surface area contributed by atoms with Crippen molar-refractivity contribution in [2.45, 2.75) is 40.7 Å². The third-order valence-electron chi connectivity index (χ3n) is 5.16. The highest BCUT2D eigenvalue weighted by molar-refractivity contribution is 7.18. The third-order valence-corrected chi connectivity index (χ3v) is 6.77. The fourth-order valence-electron chi connectivity index (χ4n) is 3.66. The average Bonchev–Trinajstić information content (AvgIpc) is 3.44. The van der Waals surface area contributed by atoms with Crippen LogP contribution in [0, 0.1) is 20.8 Å². The van der Waals surface area contributed by atoms with Crippen molar-refractivity contribution in [3.63, 3.8) is 0 Å². The SMILES string of the molecule is CCc1c(C)sc2ncn3nc(-c4ccc(Cn5nc(C)c(Cl)c5C)o4)nc3c12. The highest BCUT2D eigenvalue weighted by Crippen LogP contribution is 2.33. The Labute approximate surface area is 176 Å². The predicted octanol–water partition coefficient (Wildman–Crippen LogP) is 4.98. The number of hydrogen-bond acceptors (Lipinski definition) is 6. The molecule has 29 heavy (non-hydrogen) atoms. The third kappa shape index (κ3) is 2.86. The van der Waals surface area contributed by atoms with Crippen molar-refractivity contribution in [1.29, 1.82) is 0 Å². The summed E-state index contributed by atoms with van der Waals surface area (Å²) < 4.78 is 9.59. The molecule has 0 atom stereocenters. The number of fused-ring (bicyclic) bond motifs is 3. The maximum atomic E-state index is 6.24. The summed E-state index contributed by atoms with van der Waals surface area (Å²) in [6.07, 6.45) is 2.65. The van der Waals surface area contributed by atoms with Gasteiger partial charge in [-0.25, -0.2) is 14.5 Å². The summed E-state index contributed by atoms with van der Waals surface area (Å²) in [6.45, 7) is 8.62. The number of furan rings is 1. The summed E-state index contributed by atoms with van der Waals surface area (Å²) in [5.74, 6) is 1.93. The van der Waals surface area contributed by atoms with E-state index in [1.807, 2.05) is 30.7 Å². The van der Waals surface area contributed by atoms with Crippen molar-refractivity contribution in [2.24, 2.45) is 0 Å². The van der Waals surface area contributed by atoms with Crippen LogP contribution in [0.15, 0.2) is 22.9 Å². The van der Waals surface area contributed by atoms with Crippen molar-refractivity contribution >= 4 is 38.8 Å². The van der Waals surface area contributed by atoms with Crippen molar-refractivity contribution in [3.05, 3.63) is 51.1 Å². The second-order valence-corrected chi connectivity index (χ2v) is 8.61. The summed E-state index contributed by atoms with van der Waals surface area (Å²) in [5.41, 5.74) is 3.83. The van der Waals surface area contributed by atoms with Crippen molar-refractivity contribution in [3.8, 4) is 11.6 Å². The second kappa shape index (κ2) is 6.67. The Morgan fingerprint density at radius 1 is 1.17 bits per heavy atom. The fraction of sp³-hybridized carbons (Fsp3) is 0.300. The molecule has 0 unspecified atom stereocenters. The molecule has 5 rings (SSSR count). The van der Waals surface area contributed by atoms with Crippen LogP contribution >= 0.6 is 22.9 Å².